The Morgan fingerprint density at radius 1 is 1.14 bits per heavy atom. The number of hydrogen-bond acceptors (Lipinski definition) is 5. The van der Waals surface area contributed by atoms with Crippen molar-refractivity contribution in [2.24, 2.45) is 0 Å². The van der Waals surface area contributed by atoms with Crippen molar-refractivity contribution >= 4 is 5.97 Å². The number of carbonyl (C=O) groups is 1. The van der Waals surface area contributed by atoms with E-state index in [0.717, 1.165) is 17.5 Å². The number of hydrogen-bond donors (Lipinski definition) is 1. The number of carboxylic acids is 1. The lowest BCUT2D eigenvalue weighted by atomic mass is 10.1. The van der Waals surface area contributed by atoms with Gasteiger partial charge in [-0.05, 0) is 0 Å². The van der Waals surface area contributed by atoms with Crippen molar-refractivity contribution in [3.05, 3.63) is 66.3 Å². The van der Waals surface area contributed by atoms with Crippen molar-refractivity contribution in [3.63, 3.8) is 0 Å². The molecule has 2 heterocycles. The second kappa shape index (κ2) is 5.54. The van der Waals surface area contributed by atoms with Crippen LogP contribution in [-0.2, 0) is 6.42 Å². The number of carboxylic acid groups (broad SMARTS) is 1. The maximum atomic E-state index is 10.7. The van der Waals surface area contributed by atoms with E-state index in [0.29, 0.717) is 18.0 Å². The van der Waals surface area contributed by atoms with E-state index in [4.69, 9.17) is 9.52 Å². The zero-order valence-electron chi connectivity index (χ0n) is 10.9. The van der Waals surface area contributed by atoms with E-state index >= 15 is 0 Å². The smallest absolute Gasteiger partial charge is 0.357 e. The molecule has 104 valence electrons. The normalized spacial score (nSPS) is 10.5. The minimum Gasteiger partial charge on any atom is -0.476 e. The predicted molar refractivity (Wildman–Crippen MR) is 73.7 cm³/mol. The summed E-state index contributed by atoms with van der Waals surface area (Å²) < 4.78 is 5.09. The lowest BCUT2D eigenvalue weighted by Crippen LogP contribution is -1.98. The first-order valence-electron chi connectivity index (χ1n) is 6.26. The van der Waals surface area contributed by atoms with Crippen LogP contribution in [0.25, 0.3) is 11.3 Å². The second-order valence-electron chi connectivity index (χ2n) is 4.37. The van der Waals surface area contributed by atoms with Gasteiger partial charge in [0.25, 0.3) is 0 Å². The van der Waals surface area contributed by atoms with E-state index in [1.807, 2.05) is 30.3 Å². The Labute approximate surface area is 120 Å². The molecule has 0 spiro atoms. The molecule has 6 nitrogen and oxygen atoms in total. The first-order valence-corrected chi connectivity index (χ1v) is 6.26. The van der Waals surface area contributed by atoms with E-state index in [1.165, 1.54) is 0 Å². The monoisotopic (exact) mass is 281 g/mol. The third-order valence-corrected chi connectivity index (χ3v) is 2.88. The number of aromatic carboxylic acids is 1. The van der Waals surface area contributed by atoms with E-state index in [1.54, 1.807) is 12.4 Å². The Balaban J connectivity index is 1.76. The van der Waals surface area contributed by atoms with Crippen LogP contribution >= 0.6 is 0 Å². The molecule has 0 amide bonds. The van der Waals surface area contributed by atoms with Crippen LogP contribution in [-0.4, -0.2) is 26.0 Å². The van der Waals surface area contributed by atoms with Gasteiger partial charge in [0.05, 0.1) is 24.0 Å². The third kappa shape index (κ3) is 2.94. The fraction of sp³-hybridized carbons (Fsp3) is 0.0667. The van der Waals surface area contributed by atoms with Crippen LogP contribution in [0.5, 0.6) is 0 Å². The van der Waals surface area contributed by atoms with Gasteiger partial charge in [-0.15, -0.1) is 0 Å². The van der Waals surface area contributed by atoms with Crippen LogP contribution in [0.3, 0.4) is 0 Å². The number of rotatable bonds is 4. The largest absolute Gasteiger partial charge is 0.476 e. The van der Waals surface area contributed by atoms with Crippen LogP contribution in [0.4, 0.5) is 0 Å². The number of nitrogens with zero attached hydrogens (tertiary/aromatic N) is 3. The fourth-order valence-electron chi connectivity index (χ4n) is 1.85. The molecule has 1 N–H and O–H groups in total. The number of benzene rings is 1. The predicted octanol–water partition coefficient (Wildman–Crippen LogP) is 2.42. The highest BCUT2D eigenvalue weighted by molar-refractivity contribution is 5.84. The lowest BCUT2D eigenvalue weighted by molar-refractivity contribution is 0.0690. The molecule has 3 aromatic rings. The Hall–Kier alpha value is -3.02. The molecular weight excluding hydrogens is 270 g/mol. The second-order valence-corrected chi connectivity index (χ2v) is 4.37. The molecule has 0 saturated heterocycles. The maximum absolute atomic E-state index is 10.7. The van der Waals surface area contributed by atoms with Crippen LogP contribution < -0.4 is 0 Å². The SMILES string of the molecule is O=C(O)c1coc(Cc2cnc(-c3ccccc3)cn2)n1. The molecule has 6 heteroatoms. The molecule has 0 atom stereocenters. The highest BCUT2D eigenvalue weighted by Crippen LogP contribution is 2.15. The van der Waals surface area contributed by atoms with Crippen LogP contribution in [0.2, 0.25) is 0 Å². The molecule has 0 aliphatic rings. The number of oxazole rings is 1. The maximum Gasteiger partial charge on any atom is 0.357 e. The van der Waals surface area contributed by atoms with Crippen molar-refractivity contribution < 1.29 is 14.3 Å². The van der Waals surface area contributed by atoms with Crippen molar-refractivity contribution in [2.75, 3.05) is 0 Å². The summed E-state index contributed by atoms with van der Waals surface area (Å²) in [6.45, 7) is 0. The standard InChI is InChI=1S/C15H11N3O3/c19-15(20)13-9-21-14(18-13)6-11-7-17-12(8-16-11)10-4-2-1-3-5-10/h1-5,7-9H,6H2,(H,19,20). The van der Waals surface area contributed by atoms with E-state index < -0.39 is 5.97 Å². The van der Waals surface area contributed by atoms with Crippen molar-refractivity contribution in [1.29, 1.82) is 0 Å². The summed E-state index contributed by atoms with van der Waals surface area (Å²) in [5, 5.41) is 8.78. The summed E-state index contributed by atoms with van der Waals surface area (Å²) in [5.41, 5.74) is 2.31. The van der Waals surface area contributed by atoms with Crippen LogP contribution in [0, 0.1) is 0 Å². The minimum atomic E-state index is -1.12. The quantitative estimate of drug-likeness (QED) is 0.790. The first-order chi connectivity index (χ1) is 10.2. The van der Waals surface area contributed by atoms with Gasteiger partial charge < -0.3 is 9.52 Å². The Kier molecular flexibility index (Phi) is 3.42. The highest BCUT2D eigenvalue weighted by Gasteiger charge is 2.11. The van der Waals surface area contributed by atoms with Gasteiger partial charge in [0.1, 0.15) is 6.26 Å². The zero-order valence-corrected chi connectivity index (χ0v) is 10.9. The topological polar surface area (TPSA) is 89.1 Å². The summed E-state index contributed by atoms with van der Waals surface area (Å²) in [5.74, 6) is -0.815. The summed E-state index contributed by atoms with van der Waals surface area (Å²) in [7, 11) is 0. The van der Waals surface area contributed by atoms with Gasteiger partial charge in [-0.3, -0.25) is 9.97 Å². The molecule has 0 aliphatic carbocycles. The van der Waals surface area contributed by atoms with Gasteiger partial charge >= 0.3 is 5.97 Å². The first kappa shape index (κ1) is 13.0. The molecule has 0 radical (unpaired) electrons. The lowest BCUT2D eigenvalue weighted by Gasteiger charge is -2.01. The summed E-state index contributed by atoms with van der Waals surface area (Å²) >= 11 is 0. The fourth-order valence-corrected chi connectivity index (χ4v) is 1.85. The molecule has 0 saturated carbocycles. The van der Waals surface area contributed by atoms with Gasteiger partial charge in [-0.25, -0.2) is 9.78 Å². The van der Waals surface area contributed by atoms with Crippen molar-refractivity contribution in [2.45, 2.75) is 6.42 Å². The molecule has 1 aromatic carbocycles. The summed E-state index contributed by atoms with van der Waals surface area (Å²) in [6.07, 6.45) is 4.72. The van der Waals surface area contributed by atoms with Gasteiger partial charge in [-0.1, -0.05) is 30.3 Å². The zero-order chi connectivity index (χ0) is 14.7. The third-order valence-electron chi connectivity index (χ3n) is 2.88. The summed E-state index contributed by atoms with van der Waals surface area (Å²) in [4.78, 5) is 23.2. The van der Waals surface area contributed by atoms with Gasteiger partial charge in [-0.2, -0.15) is 0 Å². The van der Waals surface area contributed by atoms with Gasteiger partial charge in [0, 0.05) is 11.8 Å². The average Bonchev–Trinajstić information content (AvgIpc) is 2.98. The van der Waals surface area contributed by atoms with E-state index in [9.17, 15) is 4.79 Å². The van der Waals surface area contributed by atoms with Crippen molar-refractivity contribution in [1.82, 2.24) is 15.0 Å². The molecule has 0 aliphatic heterocycles. The molecule has 0 bridgehead atoms. The average molecular weight is 281 g/mol. The molecule has 21 heavy (non-hydrogen) atoms. The Bertz CT molecular complexity index is 751. The molecular formula is C15H11N3O3. The Morgan fingerprint density at radius 3 is 2.57 bits per heavy atom. The molecule has 0 fully saturated rings. The van der Waals surface area contributed by atoms with Crippen molar-refractivity contribution in [3.8, 4) is 11.3 Å². The van der Waals surface area contributed by atoms with Crippen LogP contribution in [0.1, 0.15) is 22.1 Å². The molecule has 0 unspecified atom stereocenters. The summed E-state index contributed by atoms with van der Waals surface area (Å²) in [6, 6.07) is 9.72. The van der Waals surface area contributed by atoms with E-state index in [-0.39, 0.29) is 5.69 Å². The highest BCUT2D eigenvalue weighted by atomic mass is 16.4. The van der Waals surface area contributed by atoms with Crippen LogP contribution in [0.15, 0.2) is 53.4 Å². The van der Waals surface area contributed by atoms with Gasteiger partial charge in [0.2, 0.25) is 5.89 Å². The minimum absolute atomic E-state index is 0.112. The molecule has 3 rings (SSSR count). The molecule has 2 aromatic heterocycles. The Morgan fingerprint density at radius 2 is 1.95 bits per heavy atom. The van der Waals surface area contributed by atoms with Gasteiger partial charge in [0.15, 0.2) is 5.69 Å². The van der Waals surface area contributed by atoms with E-state index in [2.05, 4.69) is 15.0 Å². The number of aromatic nitrogens is 3.